The molecular weight excluding hydrogens is 242 g/mol. The summed E-state index contributed by atoms with van der Waals surface area (Å²) in [5.41, 5.74) is 0.951. The Kier molecular flexibility index (Phi) is 5.21. The Morgan fingerprint density at radius 3 is 2.79 bits per heavy atom. The third-order valence-corrected chi connectivity index (χ3v) is 3.30. The number of benzene rings is 1. The number of amides is 1. The molecule has 0 bridgehead atoms. The van der Waals surface area contributed by atoms with Gasteiger partial charge in [-0.1, -0.05) is 43.2 Å². The Bertz CT molecular complexity index is 390. The highest BCUT2D eigenvalue weighted by Gasteiger charge is 2.22. The van der Waals surface area contributed by atoms with Gasteiger partial charge in [0.2, 0.25) is 0 Å². The van der Waals surface area contributed by atoms with Gasteiger partial charge in [0.25, 0.3) is 0 Å². The fourth-order valence-corrected chi connectivity index (χ4v) is 1.91. The first-order chi connectivity index (χ1) is 9.24. The molecule has 0 spiro atoms. The molecule has 1 aliphatic carbocycles. The van der Waals surface area contributed by atoms with Crippen LogP contribution in [0.25, 0.3) is 0 Å². The number of hydrogen-bond acceptors (Lipinski definition) is 3. The van der Waals surface area contributed by atoms with Crippen molar-refractivity contribution in [2.45, 2.75) is 38.4 Å². The van der Waals surface area contributed by atoms with Gasteiger partial charge in [0.1, 0.15) is 6.61 Å². The van der Waals surface area contributed by atoms with Gasteiger partial charge in [-0.2, -0.15) is 0 Å². The summed E-state index contributed by atoms with van der Waals surface area (Å²) < 4.78 is 5.06. The lowest BCUT2D eigenvalue weighted by Gasteiger charge is -2.11. The zero-order valence-electron chi connectivity index (χ0n) is 11.0. The molecule has 0 radical (unpaired) electrons. The summed E-state index contributed by atoms with van der Waals surface area (Å²) in [5.74, 6) is 0.805. The molecule has 4 heteroatoms. The van der Waals surface area contributed by atoms with Gasteiger partial charge in [0.15, 0.2) is 0 Å². The molecule has 1 atom stereocenters. The van der Waals surface area contributed by atoms with Gasteiger partial charge in [-0.05, 0) is 24.3 Å². The van der Waals surface area contributed by atoms with Crippen LogP contribution in [0.1, 0.15) is 31.2 Å². The Morgan fingerprint density at radius 2 is 2.11 bits per heavy atom. The molecule has 104 valence electrons. The van der Waals surface area contributed by atoms with Gasteiger partial charge in [-0.3, -0.25) is 0 Å². The Morgan fingerprint density at radius 1 is 1.37 bits per heavy atom. The van der Waals surface area contributed by atoms with E-state index in [0.29, 0.717) is 0 Å². The Hall–Kier alpha value is -1.55. The maximum absolute atomic E-state index is 11.4. The van der Waals surface area contributed by atoms with Crippen LogP contribution in [0.2, 0.25) is 0 Å². The molecule has 0 aliphatic heterocycles. The number of nitrogens with one attached hydrogen (secondary N) is 1. The second kappa shape index (κ2) is 7.14. The van der Waals surface area contributed by atoms with Gasteiger partial charge in [-0.15, -0.1) is 0 Å². The number of rotatable bonds is 7. The Balaban J connectivity index is 1.56. The van der Waals surface area contributed by atoms with Gasteiger partial charge in [0, 0.05) is 6.54 Å². The minimum Gasteiger partial charge on any atom is -0.445 e. The summed E-state index contributed by atoms with van der Waals surface area (Å²) in [4.78, 5) is 11.4. The molecule has 1 aromatic carbocycles. The number of hydrogen-bond donors (Lipinski definition) is 2. The highest BCUT2D eigenvalue weighted by atomic mass is 16.5. The average molecular weight is 263 g/mol. The van der Waals surface area contributed by atoms with Crippen LogP contribution in [-0.2, 0) is 11.3 Å². The van der Waals surface area contributed by atoms with Crippen molar-refractivity contribution in [3.05, 3.63) is 35.9 Å². The SMILES string of the molecule is O=C(NCC(O)CCC1CC1)OCc1ccccc1. The maximum atomic E-state index is 11.4. The third kappa shape index (κ3) is 5.75. The summed E-state index contributed by atoms with van der Waals surface area (Å²) >= 11 is 0. The van der Waals surface area contributed by atoms with Gasteiger partial charge < -0.3 is 15.2 Å². The molecule has 2 N–H and O–H groups in total. The number of alkyl carbamates (subject to hydrolysis) is 1. The van der Waals surface area contributed by atoms with Crippen molar-refractivity contribution in [1.29, 1.82) is 0 Å². The highest BCUT2D eigenvalue weighted by Crippen LogP contribution is 2.33. The summed E-state index contributed by atoms with van der Waals surface area (Å²) in [5, 5.41) is 12.3. The highest BCUT2D eigenvalue weighted by molar-refractivity contribution is 5.67. The van der Waals surface area contributed by atoms with Crippen molar-refractivity contribution in [3.8, 4) is 0 Å². The minimum absolute atomic E-state index is 0.255. The van der Waals surface area contributed by atoms with Gasteiger partial charge in [-0.25, -0.2) is 4.79 Å². The fourth-order valence-electron chi connectivity index (χ4n) is 1.91. The van der Waals surface area contributed by atoms with E-state index in [1.165, 1.54) is 12.8 Å². The van der Waals surface area contributed by atoms with E-state index in [-0.39, 0.29) is 13.2 Å². The van der Waals surface area contributed by atoms with E-state index in [1.807, 2.05) is 30.3 Å². The van der Waals surface area contributed by atoms with Crippen LogP contribution in [0.5, 0.6) is 0 Å². The van der Waals surface area contributed by atoms with E-state index < -0.39 is 12.2 Å². The van der Waals surface area contributed by atoms with E-state index in [4.69, 9.17) is 4.74 Å². The van der Waals surface area contributed by atoms with Crippen LogP contribution >= 0.6 is 0 Å². The number of aliphatic hydroxyl groups excluding tert-OH is 1. The van der Waals surface area contributed by atoms with Crippen molar-refractivity contribution in [2.24, 2.45) is 5.92 Å². The van der Waals surface area contributed by atoms with Crippen LogP contribution in [0.3, 0.4) is 0 Å². The van der Waals surface area contributed by atoms with E-state index in [0.717, 1.165) is 24.3 Å². The summed E-state index contributed by atoms with van der Waals surface area (Å²) in [6.07, 6.45) is 3.45. The van der Waals surface area contributed by atoms with Crippen molar-refractivity contribution in [3.63, 3.8) is 0 Å². The zero-order valence-corrected chi connectivity index (χ0v) is 11.0. The molecule has 2 rings (SSSR count). The fraction of sp³-hybridized carbons (Fsp3) is 0.533. The van der Waals surface area contributed by atoms with E-state index >= 15 is 0 Å². The molecule has 1 saturated carbocycles. The van der Waals surface area contributed by atoms with Crippen molar-refractivity contribution in [1.82, 2.24) is 5.32 Å². The van der Waals surface area contributed by atoms with Crippen molar-refractivity contribution < 1.29 is 14.6 Å². The van der Waals surface area contributed by atoms with Gasteiger partial charge >= 0.3 is 6.09 Å². The van der Waals surface area contributed by atoms with E-state index in [1.54, 1.807) is 0 Å². The number of ether oxygens (including phenoxy) is 1. The normalized spacial score (nSPS) is 15.8. The van der Waals surface area contributed by atoms with E-state index in [2.05, 4.69) is 5.32 Å². The van der Waals surface area contributed by atoms with Crippen LogP contribution in [0, 0.1) is 5.92 Å². The van der Waals surface area contributed by atoms with Crippen molar-refractivity contribution >= 4 is 6.09 Å². The molecule has 1 unspecified atom stereocenters. The third-order valence-electron chi connectivity index (χ3n) is 3.30. The van der Waals surface area contributed by atoms with E-state index in [9.17, 15) is 9.90 Å². The topological polar surface area (TPSA) is 58.6 Å². The molecule has 0 saturated heterocycles. The first-order valence-corrected chi connectivity index (χ1v) is 6.86. The maximum Gasteiger partial charge on any atom is 0.407 e. The lowest BCUT2D eigenvalue weighted by molar-refractivity contribution is 0.122. The van der Waals surface area contributed by atoms with Crippen molar-refractivity contribution in [2.75, 3.05) is 6.54 Å². The molecule has 19 heavy (non-hydrogen) atoms. The predicted octanol–water partition coefficient (Wildman–Crippen LogP) is 2.46. The summed E-state index contributed by atoms with van der Waals surface area (Å²) in [6, 6.07) is 9.52. The van der Waals surface area contributed by atoms with Crippen LogP contribution < -0.4 is 5.32 Å². The zero-order chi connectivity index (χ0) is 13.5. The molecule has 0 heterocycles. The monoisotopic (exact) mass is 263 g/mol. The predicted molar refractivity (Wildman–Crippen MR) is 72.6 cm³/mol. The minimum atomic E-state index is -0.477. The molecule has 4 nitrogen and oxygen atoms in total. The molecule has 1 aliphatic rings. The van der Waals surface area contributed by atoms with Gasteiger partial charge in [0.05, 0.1) is 6.10 Å². The number of carbonyl (C=O) groups excluding carboxylic acids is 1. The van der Waals surface area contributed by atoms with Crippen LogP contribution in [0.4, 0.5) is 4.79 Å². The summed E-state index contributed by atoms with van der Waals surface area (Å²) in [6.45, 7) is 0.519. The smallest absolute Gasteiger partial charge is 0.407 e. The molecule has 1 fully saturated rings. The van der Waals surface area contributed by atoms with Crippen LogP contribution in [0.15, 0.2) is 30.3 Å². The first kappa shape index (κ1) is 13.9. The molecule has 0 aromatic heterocycles. The second-order valence-corrected chi connectivity index (χ2v) is 5.12. The Labute approximate surface area is 113 Å². The lowest BCUT2D eigenvalue weighted by atomic mass is 10.1. The lowest BCUT2D eigenvalue weighted by Crippen LogP contribution is -2.32. The standard InChI is InChI=1S/C15H21NO3/c17-14(9-8-12-6-7-12)10-16-15(18)19-11-13-4-2-1-3-5-13/h1-5,12,14,17H,6-11H2,(H,16,18). The number of aliphatic hydroxyl groups is 1. The molecule has 1 aromatic rings. The first-order valence-electron chi connectivity index (χ1n) is 6.86. The largest absolute Gasteiger partial charge is 0.445 e. The number of carbonyl (C=O) groups is 1. The average Bonchev–Trinajstić information content (AvgIpc) is 3.26. The second-order valence-electron chi connectivity index (χ2n) is 5.12. The molecular formula is C15H21NO3. The molecule has 1 amide bonds. The summed E-state index contributed by atoms with van der Waals surface area (Å²) in [7, 11) is 0. The quantitative estimate of drug-likeness (QED) is 0.794. The van der Waals surface area contributed by atoms with Crippen LogP contribution in [-0.4, -0.2) is 23.8 Å².